The smallest absolute Gasteiger partial charge is 0.356 e. The molecule has 0 heterocycles. The van der Waals surface area contributed by atoms with Crippen molar-refractivity contribution in [2.75, 3.05) is 7.11 Å². The van der Waals surface area contributed by atoms with Gasteiger partial charge in [0.2, 0.25) is 0 Å². The summed E-state index contributed by atoms with van der Waals surface area (Å²) in [5.74, 6) is 0.590. The zero-order valence-electron chi connectivity index (χ0n) is 10.1. The maximum absolute atomic E-state index is 11.3. The molecule has 2 N–H and O–H groups in total. The van der Waals surface area contributed by atoms with E-state index in [0.29, 0.717) is 21.9 Å². The van der Waals surface area contributed by atoms with Crippen molar-refractivity contribution in [2.24, 2.45) is 0 Å². The molecule has 0 amide bonds. The first kappa shape index (κ1) is 14.1. The lowest BCUT2D eigenvalue weighted by Crippen LogP contribution is -2.03. The number of hydrogen-bond acceptors (Lipinski definition) is 2. The molecule has 0 bridgehead atoms. The van der Waals surface area contributed by atoms with Crippen molar-refractivity contribution >= 4 is 24.5 Å². The molecule has 19 heavy (non-hydrogen) atoms. The molecule has 6 heteroatoms. The predicted molar refractivity (Wildman–Crippen MR) is 75.1 cm³/mol. The number of halogens is 1. The molecule has 0 unspecified atom stereocenters. The molecule has 2 aromatic rings. The molecule has 0 fully saturated rings. The topological polar surface area (TPSA) is 66.8 Å². The quantitative estimate of drug-likeness (QED) is 0.855. The van der Waals surface area contributed by atoms with Crippen LogP contribution in [-0.4, -0.2) is 16.9 Å². The number of methoxy groups -OCH3 is 1. The lowest BCUT2D eigenvalue weighted by Gasteiger charge is -2.11. The molecule has 0 saturated heterocycles. The molecule has 0 aliphatic carbocycles. The third kappa shape index (κ3) is 3.17. The Balaban J connectivity index is 2.59. The summed E-state index contributed by atoms with van der Waals surface area (Å²) >= 11 is 5.94. The van der Waals surface area contributed by atoms with E-state index in [9.17, 15) is 14.4 Å². The van der Waals surface area contributed by atoms with Crippen molar-refractivity contribution in [2.45, 2.75) is 0 Å². The van der Waals surface area contributed by atoms with Gasteiger partial charge in [0.1, 0.15) is 5.75 Å². The summed E-state index contributed by atoms with van der Waals surface area (Å²) < 4.78 is 16.5. The van der Waals surface area contributed by atoms with Gasteiger partial charge in [-0.25, -0.2) is 0 Å². The van der Waals surface area contributed by atoms with Gasteiger partial charge in [-0.1, -0.05) is 23.7 Å². The van der Waals surface area contributed by atoms with Crippen LogP contribution < -0.4 is 10.0 Å². The molecular weight excluding hydrogens is 287 g/mol. The number of rotatable bonds is 3. The van der Waals surface area contributed by atoms with Gasteiger partial charge in [-0.3, -0.25) is 4.57 Å². The molecule has 2 aromatic carbocycles. The van der Waals surface area contributed by atoms with Crippen LogP contribution in [0.4, 0.5) is 0 Å². The maximum atomic E-state index is 11.3. The molecule has 0 spiro atoms. The van der Waals surface area contributed by atoms with Crippen LogP contribution >= 0.6 is 19.2 Å². The summed E-state index contributed by atoms with van der Waals surface area (Å²) in [6.07, 6.45) is 0. The Kier molecular flexibility index (Phi) is 3.97. The molecule has 4 nitrogen and oxygen atoms in total. The fourth-order valence-electron chi connectivity index (χ4n) is 1.76. The Morgan fingerprint density at radius 2 is 1.89 bits per heavy atom. The standard InChI is InChI=1S/C13H12ClO4P/c1-18-13-6-5-10(14)8-12(13)9-3-2-4-11(7-9)19(15,16)17/h2-8H,1H3,(H2,15,16,17). The number of benzene rings is 2. The third-order valence-electron chi connectivity index (χ3n) is 2.66. The van der Waals surface area contributed by atoms with Gasteiger partial charge in [-0.05, 0) is 35.9 Å². The number of ether oxygens (including phenoxy) is 1. The van der Waals surface area contributed by atoms with Crippen LogP contribution in [0.3, 0.4) is 0 Å². The van der Waals surface area contributed by atoms with Crippen LogP contribution in [0.1, 0.15) is 0 Å². The highest BCUT2D eigenvalue weighted by molar-refractivity contribution is 7.60. The minimum atomic E-state index is -4.27. The fraction of sp³-hybridized carbons (Fsp3) is 0.0769. The van der Waals surface area contributed by atoms with Gasteiger partial charge < -0.3 is 14.5 Å². The van der Waals surface area contributed by atoms with Crippen molar-refractivity contribution in [1.29, 1.82) is 0 Å². The van der Waals surface area contributed by atoms with Gasteiger partial charge in [-0.15, -0.1) is 0 Å². The Morgan fingerprint density at radius 3 is 2.53 bits per heavy atom. The molecule has 0 aliphatic rings. The predicted octanol–water partition coefficient (Wildman–Crippen LogP) is 2.82. The summed E-state index contributed by atoms with van der Waals surface area (Å²) in [6, 6.07) is 11.3. The minimum Gasteiger partial charge on any atom is -0.496 e. The average molecular weight is 299 g/mol. The first-order chi connectivity index (χ1) is 8.91. The monoisotopic (exact) mass is 298 g/mol. The van der Waals surface area contributed by atoms with E-state index in [1.54, 1.807) is 30.3 Å². The molecule has 0 saturated carbocycles. The van der Waals surface area contributed by atoms with E-state index in [2.05, 4.69) is 0 Å². The summed E-state index contributed by atoms with van der Waals surface area (Å²) in [6.45, 7) is 0. The first-order valence-electron chi connectivity index (χ1n) is 5.42. The maximum Gasteiger partial charge on any atom is 0.356 e. The normalized spacial score (nSPS) is 11.4. The Bertz CT molecular complexity index is 651. The van der Waals surface area contributed by atoms with E-state index in [1.807, 2.05) is 0 Å². The van der Waals surface area contributed by atoms with E-state index >= 15 is 0 Å². The molecular formula is C13H12ClO4P. The second-order valence-electron chi connectivity index (χ2n) is 3.94. The summed E-state index contributed by atoms with van der Waals surface area (Å²) in [5.41, 5.74) is 1.32. The van der Waals surface area contributed by atoms with Gasteiger partial charge in [0.05, 0.1) is 12.4 Å². The summed E-state index contributed by atoms with van der Waals surface area (Å²) in [4.78, 5) is 18.4. The van der Waals surface area contributed by atoms with Gasteiger partial charge in [-0.2, -0.15) is 0 Å². The zero-order valence-corrected chi connectivity index (χ0v) is 11.7. The van der Waals surface area contributed by atoms with Crippen molar-refractivity contribution in [1.82, 2.24) is 0 Å². The molecule has 100 valence electrons. The third-order valence-corrected chi connectivity index (χ3v) is 3.84. The summed E-state index contributed by atoms with van der Waals surface area (Å²) in [5, 5.41) is 0.490. The molecule has 2 rings (SSSR count). The highest BCUT2D eigenvalue weighted by Gasteiger charge is 2.18. The second kappa shape index (κ2) is 5.35. The SMILES string of the molecule is COc1ccc(Cl)cc1-c1cccc(P(=O)(O)O)c1. The second-order valence-corrected chi connectivity index (χ2v) is 5.98. The first-order valence-corrected chi connectivity index (χ1v) is 7.41. The fourth-order valence-corrected chi connectivity index (χ4v) is 2.52. The highest BCUT2D eigenvalue weighted by atomic mass is 35.5. The van der Waals surface area contributed by atoms with Gasteiger partial charge in [0.15, 0.2) is 0 Å². The van der Waals surface area contributed by atoms with Crippen LogP contribution in [0.2, 0.25) is 5.02 Å². The Morgan fingerprint density at radius 1 is 1.16 bits per heavy atom. The van der Waals surface area contributed by atoms with Crippen molar-refractivity contribution in [3.63, 3.8) is 0 Å². The zero-order chi connectivity index (χ0) is 14.0. The van der Waals surface area contributed by atoms with Crippen molar-refractivity contribution < 1.29 is 19.1 Å². The molecule has 0 radical (unpaired) electrons. The average Bonchev–Trinajstić information content (AvgIpc) is 2.38. The lowest BCUT2D eigenvalue weighted by molar-refractivity contribution is 0.387. The lowest BCUT2D eigenvalue weighted by atomic mass is 10.0. The van der Waals surface area contributed by atoms with E-state index < -0.39 is 7.60 Å². The van der Waals surface area contributed by atoms with Crippen LogP contribution in [-0.2, 0) is 4.57 Å². The Labute approximate surface area is 115 Å². The van der Waals surface area contributed by atoms with Crippen LogP contribution in [0.15, 0.2) is 42.5 Å². The van der Waals surface area contributed by atoms with E-state index in [1.165, 1.54) is 19.2 Å². The van der Waals surface area contributed by atoms with E-state index in [4.69, 9.17) is 16.3 Å². The van der Waals surface area contributed by atoms with Crippen LogP contribution in [0, 0.1) is 0 Å². The van der Waals surface area contributed by atoms with Crippen molar-refractivity contribution in [3.05, 3.63) is 47.5 Å². The van der Waals surface area contributed by atoms with Gasteiger partial charge >= 0.3 is 7.60 Å². The highest BCUT2D eigenvalue weighted by Crippen LogP contribution is 2.37. The van der Waals surface area contributed by atoms with Crippen LogP contribution in [0.5, 0.6) is 5.75 Å². The molecule has 0 atom stereocenters. The Hall–Kier alpha value is -1.32. The van der Waals surface area contributed by atoms with E-state index in [-0.39, 0.29) is 5.30 Å². The molecule has 0 aliphatic heterocycles. The van der Waals surface area contributed by atoms with Gasteiger partial charge in [0, 0.05) is 10.6 Å². The van der Waals surface area contributed by atoms with Crippen LogP contribution in [0.25, 0.3) is 11.1 Å². The van der Waals surface area contributed by atoms with Crippen molar-refractivity contribution in [3.8, 4) is 16.9 Å². The summed E-state index contributed by atoms with van der Waals surface area (Å²) in [7, 11) is -2.75. The van der Waals surface area contributed by atoms with E-state index in [0.717, 1.165) is 0 Å². The number of hydrogen-bond donors (Lipinski definition) is 2. The minimum absolute atomic E-state index is 0.0352. The largest absolute Gasteiger partial charge is 0.496 e. The molecule has 0 aromatic heterocycles. The van der Waals surface area contributed by atoms with Gasteiger partial charge in [0.25, 0.3) is 0 Å².